The molecule has 0 amide bonds. The van der Waals surface area contributed by atoms with Crippen molar-refractivity contribution < 1.29 is 0 Å². The van der Waals surface area contributed by atoms with Crippen LogP contribution in [0.1, 0.15) is 117 Å². The van der Waals surface area contributed by atoms with Gasteiger partial charge in [0, 0.05) is 38.6 Å². The minimum atomic E-state index is 1.15. The van der Waals surface area contributed by atoms with E-state index in [2.05, 4.69) is 86.3 Å². The van der Waals surface area contributed by atoms with Gasteiger partial charge in [0.2, 0.25) is 0 Å². The number of hydrogen-bond acceptors (Lipinski definition) is 2. The molecule has 2 aromatic carbocycles. The summed E-state index contributed by atoms with van der Waals surface area (Å²) in [6.45, 7) is 6.87. The molecule has 0 aliphatic rings. The molecule has 0 saturated carbocycles. The monoisotopic (exact) mass is 492 g/mol. The Morgan fingerprint density at radius 3 is 0.972 bits per heavy atom. The first kappa shape index (κ1) is 30.3. The first-order valence-corrected chi connectivity index (χ1v) is 15.3. The molecule has 202 valence electrons. The Labute approximate surface area is 224 Å². The summed E-state index contributed by atoms with van der Waals surface area (Å²) in [6, 6.07) is 18.2. The quantitative estimate of drug-likeness (QED) is 0.160. The van der Waals surface area contributed by atoms with Gasteiger partial charge in [-0.3, -0.25) is 0 Å². The molecule has 2 rings (SSSR count). The van der Waals surface area contributed by atoms with E-state index < -0.39 is 0 Å². The van der Waals surface area contributed by atoms with Crippen LogP contribution in [0.15, 0.2) is 48.5 Å². The van der Waals surface area contributed by atoms with Gasteiger partial charge in [0.1, 0.15) is 0 Å². The van der Waals surface area contributed by atoms with E-state index in [9.17, 15) is 0 Å². The second-order valence-electron chi connectivity index (χ2n) is 10.9. The zero-order valence-corrected chi connectivity index (χ0v) is 24.2. The Bertz CT molecular complexity index is 697. The van der Waals surface area contributed by atoms with Gasteiger partial charge in [-0.2, -0.15) is 0 Å². The van der Waals surface area contributed by atoms with Gasteiger partial charge in [0.05, 0.1) is 0 Å². The maximum Gasteiger partial charge on any atom is 0.0364 e. The molecule has 0 aliphatic heterocycles. The average Bonchev–Trinajstić information content (AvgIpc) is 2.91. The fourth-order valence-corrected chi connectivity index (χ4v) is 5.04. The van der Waals surface area contributed by atoms with Crippen LogP contribution in [-0.2, 0) is 0 Å². The fraction of sp³-hybridized carbons (Fsp3) is 0.647. The van der Waals surface area contributed by atoms with E-state index in [0.717, 1.165) is 13.1 Å². The van der Waals surface area contributed by atoms with Crippen LogP contribution in [0.5, 0.6) is 0 Å². The Kier molecular flexibility index (Phi) is 16.1. The molecule has 0 saturated heterocycles. The highest BCUT2D eigenvalue weighted by atomic mass is 15.1. The van der Waals surface area contributed by atoms with Crippen molar-refractivity contribution in [3.63, 3.8) is 0 Å². The van der Waals surface area contributed by atoms with Gasteiger partial charge in [0.25, 0.3) is 0 Å². The predicted molar refractivity (Wildman–Crippen MR) is 164 cm³/mol. The molecule has 2 heteroatoms. The van der Waals surface area contributed by atoms with Crippen LogP contribution in [-0.4, -0.2) is 27.2 Å². The summed E-state index contributed by atoms with van der Waals surface area (Å²) in [5.74, 6) is 0. The Hall–Kier alpha value is -1.96. The minimum Gasteiger partial charge on any atom is -0.375 e. The van der Waals surface area contributed by atoms with E-state index in [1.54, 1.807) is 0 Å². The normalized spacial score (nSPS) is 11.1. The molecular formula is C34H56N2. The smallest absolute Gasteiger partial charge is 0.0364 e. The van der Waals surface area contributed by atoms with Crippen LogP contribution in [0, 0.1) is 0 Å². The topological polar surface area (TPSA) is 6.48 Å². The number of anilines is 2. The molecule has 0 N–H and O–H groups in total. The molecule has 0 radical (unpaired) electrons. The number of benzene rings is 2. The van der Waals surface area contributed by atoms with Gasteiger partial charge in [-0.05, 0) is 48.2 Å². The van der Waals surface area contributed by atoms with Crippen molar-refractivity contribution in [1.82, 2.24) is 0 Å². The summed E-state index contributed by atoms with van der Waals surface area (Å²) in [6.07, 6.45) is 22.0. The van der Waals surface area contributed by atoms with Crippen LogP contribution in [0.25, 0.3) is 11.1 Å². The zero-order chi connectivity index (χ0) is 25.8. The largest absolute Gasteiger partial charge is 0.375 e. The second-order valence-corrected chi connectivity index (χ2v) is 10.9. The van der Waals surface area contributed by atoms with E-state index in [0.29, 0.717) is 0 Å². The lowest BCUT2D eigenvalue weighted by Crippen LogP contribution is -2.18. The van der Waals surface area contributed by atoms with E-state index in [4.69, 9.17) is 0 Å². The van der Waals surface area contributed by atoms with Crippen LogP contribution >= 0.6 is 0 Å². The van der Waals surface area contributed by atoms with Gasteiger partial charge < -0.3 is 9.80 Å². The van der Waals surface area contributed by atoms with Gasteiger partial charge in [-0.1, -0.05) is 128 Å². The summed E-state index contributed by atoms with van der Waals surface area (Å²) in [5, 5.41) is 0. The third-order valence-corrected chi connectivity index (χ3v) is 7.64. The Morgan fingerprint density at radius 1 is 0.389 bits per heavy atom. The number of unbranched alkanes of at least 4 members (excludes halogenated alkanes) is 14. The zero-order valence-electron chi connectivity index (χ0n) is 24.2. The van der Waals surface area contributed by atoms with Gasteiger partial charge in [-0.25, -0.2) is 0 Å². The minimum absolute atomic E-state index is 1.15. The lowest BCUT2D eigenvalue weighted by atomic mass is 10.0. The molecule has 0 spiro atoms. The molecule has 0 aromatic heterocycles. The van der Waals surface area contributed by atoms with Crippen molar-refractivity contribution >= 4 is 11.4 Å². The predicted octanol–water partition coefficient (Wildman–Crippen LogP) is 10.5. The van der Waals surface area contributed by atoms with Gasteiger partial charge >= 0.3 is 0 Å². The molecule has 2 nitrogen and oxygen atoms in total. The molecular weight excluding hydrogens is 436 g/mol. The lowest BCUT2D eigenvalue weighted by Gasteiger charge is -2.20. The molecule has 0 atom stereocenters. The number of hydrogen-bond donors (Lipinski definition) is 0. The molecule has 0 unspecified atom stereocenters. The fourth-order valence-electron chi connectivity index (χ4n) is 5.04. The van der Waals surface area contributed by atoms with Crippen molar-refractivity contribution in [3.05, 3.63) is 48.5 Å². The molecule has 0 heterocycles. The molecule has 36 heavy (non-hydrogen) atoms. The van der Waals surface area contributed by atoms with Crippen LogP contribution in [0.4, 0.5) is 11.4 Å². The Morgan fingerprint density at radius 2 is 0.667 bits per heavy atom. The van der Waals surface area contributed by atoms with E-state index >= 15 is 0 Å². The SMILES string of the molecule is CCCCCCCCCCN(C)c1ccc(-c2ccc(N(C)CCCCCCCCCC)cc2)cc1. The molecule has 0 aliphatic carbocycles. The van der Waals surface area contributed by atoms with Crippen molar-refractivity contribution in [2.24, 2.45) is 0 Å². The van der Waals surface area contributed by atoms with E-state index in [1.807, 2.05) is 0 Å². The number of rotatable bonds is 21. The molecule has 0 bridgehead atoms. The highest BCUT2D eigenvalue weighted by molar-refractivity contribution is 5.68. The van der Waals surface area contributed by atoms with Crippen LogP contribution in [0.3, 0.4) is 0 Å². The van der Waals surface area contributed by atoms with Crippen molar-refractivity contribution in [2.45, 2.75) is 117 Å². The molecule has 0 fully saturated rings. The molecule has 2 aromatic rings. The van der Waals surface area contributed by atoms with Gasteiger partial charge in [0.15, 0.2) is 0 Å². The third kappa shape index (κ3) is 12.3. The number of nitrogens with zero attached hydrogens (tertiary/aromatic N) is 2. The third-order valence-electron chi connectivity index (χ3n) is 7.64. The maximum absolute atomic E-state index is 2.41. The summed E-state index contributed by atoms with van der Waals surface area (Å²) in [4.78, 5) is 4.81. The summed E-state index contributed by atoms with van der Waals surface area (Å²) < 4.78 is 0. The van der Waals surface area contributed by atoms with Crippen molar-refractivity contribution in [3.8, 4) is 11.1 Å². The van der Waals surface area contributed by atoms with E-state index in [1.165, 1.54) is 125 Å². The highest BCUT2D eigenvalue weighted by Crippen LogP contribution is 2.25. The van der Waals surface area contributed by atoms with Crippen LogP contribution in [0.2, 0.25) is 0 Å². The standard InChI is InChI=1S/C34H56N2/c1-5-7-9-11-13-15-17-19-29-35(3)33-25-21-31(22-26-33)32-23-27-34(28-24-32)36(4)30-20-18-16-14-12-10-8-6-2/h21-28H,5-20,29-30H2,1-4H3. The first-order chi connectivity index (χ1) is 17.7. The average molecular weight is 493 g/mol. The van der Waals surface area contributed by atoms with Gasteiger partial charge in [-0.15, -0.1) is 0 Å². The Balaban J connectivity index is 1.68. The van der Waals surface area contributed by atoms with E-state index in [-0.39, 0.29) is 0 Å². The van der Waals surface area contributed by atoms with Crippen molar-refractivity contribution in [1.29, 1.82) is 0 Å². The maximum atomic E-state index is 2.41. The van der Waals surface area contributed by atoms with Crippen molar-refractivity contribution in [2.75, 3.05) is 37.0 Å². The summed E-state index contributed by atoms with van der Waals surface area (Å²) in [7, 11) is 4.46. The first-order valence-electron chi connectivity index (χ1n) is 15.3. The van der Waals surface area contributed by atoms with Crippen LogP contribution < -0.4 is 9.80 Å². The summed E-state index contributed by atoms with van der Waals surface area (Å²) >= 11 is 0. The lowest BCUT2D eigenvalue weighted by molar-refractivity contribution is 0.575. The summed E-state index contributed by atoms with van der Waals surface area (Å²) in [5.41, 5.74) is 5.25. The highest BCUT2D eigenvalue weighted by Gasteiger charge is 2.05. The second kappa shape index (κ2) is 19.2.